The predicted molar refractivity (Wildman–Crippen MR) is 103 cm³/mol. The molecule has 2 aromatic heterocycles. The molecule has 5 nitrogen and oxygen atoms in total. The van der Waals surface area contributed by atoms with E-state index in [0.29, 0.717) is 27.4 Å². The predicted octanol–water partition coefficient (Wildman–Crippen LogP) is 4.68. The number of para-hydroxylation sites is 1. The number of halogens is 2. The third-order valence-electron chi connectivity index (χ3n) is 3.38. The number of aromatic nitrogens is 3. The molecule has 0 radical (unpaired) electrons. The summed E-state index contributed by atoms with van der Waals surface area (Å²) in [5.41, 5.74) is 1.46. The molecular weight excluding hydrogens is 379 g/mol. The summed E-state index contributed by atoms with van der Waals surface area (Å²) in [6.45, 7) is 3.58. The second-order valence-corrected chi connectivity index (χ2v) is 7.09. The Morgan fingerprint density at radius 2 is 1.88 bits per heavy atom. The van der Waals surface area contributed by atoms with E-state index in [1.54, 1.807) is 13.0 Å². The topological polar surface area (TPSA) is 67.8 Å². The van der Waals surface area contributed by atoms with Gasteiger partial charge in [0.2, 0.25) is 5.91 Å². The monoisotopic (exact) mass is 392 g/mol. The first-order valence-corrected chi connectivity index (χ1v) is 9.17. The Labute approximate surface area is 159 Å². The van der Waals surface area contributed by atoms with Gasteiger partial charge in [-0.3, -0.25) is 4.79 Å². The molecule has 0 fully saturated rings. The zero-order valence-corrected chi connectivity index (χ0v) is 15.8. The van der Waals surface area contributed by atoms with E-state index in [9.17, 15) is 4.79 Å². The van der Waals surface area contributed by atoms with Crippen LogP contribution in [0.1, 0.15) is 11.5 Å². The first-order chi connectivity index (χ1) is 11.9. The summed E-state index contributed by atoms with van der Waals surface area (Å²) < 4.78 is 0. The second kappa shape index (κ2) is 7.56. The lowest BCUT2D eigenvalue weighted by atomic mass is 10.2. The Hall–Kier alpha value is -1.89. The molecule has 128 valence electrons. The number of carbonyl (C=O) groups excluding carboxylic acids is 1. The first-order valence-electron chi connectivity index (χ1n) is 7.42. The fourth-order valence-electron chi connectivity index (χ4n) is 2.22. The Balaban J connectivity index is 1.74. The van der Waals surface area contributed by atoms with Gasteiger partial charge in [0.05, 0.1) is 27.0 Å². The normalized spacial score (nSPS) is 10.9. The van der Waals surface area contributed by atoms with Crippen molar-refractivity contribution in [1.29, 1.82) is 0 Å². The lowest BCUT2D eigenvalue weighted by Gasteiger charge is -2.09. The molecule has 25 heavy (non-hydrogen) atoms. The number of fused-ring (bicyclic) bond motifs is 1. The molecule has 0 spiro atoms. The Morgan fingerprint density at radius 3 is 2.68 bits per heavy atom. The van der Waals surface area contributed by atoms with Gasteiger partial charge in [0.25, 0.3) is 0 Å². The lowest BCUT2D eigenvalue weighted by Crippen LogP contribution is -2.16. The zero-order valence-electron chi connectivity index (χ0n) is 13.5. The first kappa shape index (κ1) is 17.9. The van der Waals surface area contributed by atoms with Crippen molar-refractivity contribution in [3.63, 3.8) is 0 Å². The fourth-order valence-corrected chi connectivity index (χ4v) is 3.49. The van der Waals surface area contributed by atoms with Crippen LogP contribution < -0.4 is 5.32 Å². The minimum Gasteiger partial charge on any atom is -0.309 e. The van der Waals surface area contributed by atoms with Crippen LogP contribution in [-0.4, -0.2) is 26.6 Å². The van der Waals surface area contributed by atoms with Gasteiger partial charge in [-0.05, 0) is 26.0 Å². The zero-order chi connectivity index (χ0) is 18.0. The number of hydrogen-bond donors (Lipinski definition) is 1. The summed E-state index contributed by atoms with van der Waals surface area (Å²) in [6.07, 6.45) is 0. The number of carbonyl (C=O) groups is 1. The maximum atomic E-state index is 12.2. The van der Waals surface area contributed by atoms with Crippen molar-refractivity contribution in [3.8, 4) is 0 Å². The molecule has 0 saturated carbocycles. The molecule has 1 N–H and O–H groups in total. The molecule has 2 heterocycles. The van der Waals surface area contributed by atoms with E-state index >= 15 is 0 Å². The maximum absolute atomic E-state index is 12.2. The van der Waals surface area contributed by atoms with Crippen molar-refractivity contribution < 1.29 is 4.79 Å². The SMILES string of the molecule is Cc1nc(SCC(=O)Nc2nc(C)c(Cl)cc2Cl)c2ccccc2n1. The van der Waals surface area contributed by atoms with E-state index in [-0.39, 0.29) is 11.7 Å². The molecule has 1 aromatic carbocycles. The number of amides is 1. The molecular formula is C17H14Cl2N4OS. The van der Waals surface area contributed by atoms with Crippen LogP contribution in [0.3, 0.4) is 0 Å². The van der Waals surface area contributed by atoms with E-state index in [2.05, 4.69) is 20.3 Å². The van der Waals surface area contributed by atoms with Crippen LogP contribution in [0.5, 0.6) is 0 Å². The third kappa shape index (κ3) is 4.21. The number of rotatable bonds is 4. The number of aryl methyl sites for hydroxylation is 2. The highest BCUT2D eigenvalue weighted by Gasteiger charge is 2.12. The van der Waals surface area contributed by atoms with Gasteiger partial charge in [-0.2, -0.15) is 0 Å². The molecule has 0 aliphatic carbocycles. The number of benzene rings is 1. The molecule has 0 saturated heterocycles. The Kier molecular flexibility index (Phi) is 5.42. The maximum Gasteiger partial charge on any atom is 0.235 e. The highest BCUT2D eigenvalue weighted by Crippen LogP contribution is 2.27. The smallest absolute Gasteiger partial charge is 0.235 e. The summed E-state index contributed by atoms with van der Waals surface area (Å²) in [7, 11) is 0. The van der Waals surface area contributed by atoms with Crippen LogP contribution in [-0.2, 0) is 4.79 Å². The minimum atomic E-state index is -0.221. The van der Waals surface area contributed by atoms with Crippen molar-refractivity contribution in [2.75, 3.05) is 11.1 Å². The van der Waals surface area contributed by atoms with Crippen LogP contribution >= 0.6 is 35.0 Å². The fraction of sp³-hybridized carbons (Fsp3) is 0.176. The summed E-state index contributed by atoms with van der Waals surface area (Å²) in [4.78, 5) is 25.3. The summed E-state index contributed by atoms with van der Waals surface area (Å²) in [6, 6.07) is 9.28. The van der Waals surface area contributed by atoms with Gasteiger partial charge in [-0.25, -0.2) is 15.0 Å². The number of hydrogen-bond acceptors (Lipinski definition) is 5. The molecule has 0 aliphatic rings. The number of thioether (sulfide) groups is 1. The van der Waals surface area contributed by atoms with E-state index in [1.165, 1.54) is 11.8 Å². The molecule has 0 atom stereocenters. The highest BCUT2D eigenvalue weighted by molar-refractivity contribution is 8.00. The molecule has 1 amide bonds. The lowest BCUT2D eigenvalue weighted by molar-refractivity contribution is -0.113. The molecule has 8 heteroatoms. The molecule has 0 unspecified atom stereocenters. The van der Waals surface area contributed by atoms with Gasteiger partial charge in [-0.15, -0.1) is 0 Å². The number of anilines is 1. The van der Waals surface area contributed by atoms with Crippen molar-refractivity contribution in [3.05, 3.63) is 51.9 Å². The van der Waals surface area contributed by atoms with Crippen molar-refractivity contribution in [2.24, 2.45) is 0 Å². The van der Waals surface area contributed by atoms with Gasteiger partial charge >= 0.3 is 0 Å². The van der Waals surface area contributed by atoms with Crippen molar-refractivity contribution >= 4 is 57.6 Å². The van der Waals surface area contributed by atoms with Crippen molar-refractivity contribution in [1.82, 2.24) is 15.0 Å². The van der Waals surface area contributed by atoms with E-state index < -0.39 is 0 Å². The molecule has 0 aliphatic heterocycles. The van der Waals surface area contributed by atoms with E-state index in [1.807, 2.05) is 31.2 Å². The summed E-state index contributed by atoms with van der Waals surface area (Å²) >= 11 is 13.4. The van der Waals surface area contributed by atoms with E-state index in [4.69, 9.17) is 23.2 Å². The largest absolute Gasteiger partial charge is 0.309 e. The second-order valence-electron chi connectivity index (χ2n) is 5.32. The Bertz CT molecular complexity index is 965. The van der Waals surface area contributed by atoms with Crippen LogP contribution in [0.2, 0.25) is 10.0 Å². The van der Waals surface area contributed by atoms with Crippen LogP contribution in [0.4, 0.5) is 5.82 Å². The minimum absolute atomic E-state index is 0.181. The van der Waals surface area contributed by atoms with Gasteiger partial charge in [-0.1, -0.05) is 53.2 Å². The third-order valence-corrected chi connectivity index (χ3v) is 5.04. The average Bonchev–Trinajstić information content (AvgIpc) is 2.57. The van der Waals surface area contributed by atoms with Crippen LogP contribution in [0.15, 0.2) is 35.4 Å². The van der Waals surface area contributed by atoms with Crippen LogP contribution in [0, 0.1) is 13.8 Å². The van der Waals surface area contributed by atoms with E-state index in [0.717, 1.165) is 15.9 Å². The Morgan fingerprint density at radius 1 is 1.12 bits per heavy atom. The molecule has 0 bridgehead atoms. The van der Waals surface area contributed by atoms with Crippen molar-refractivity contribution in [2.45, 2.75) is 18.9 Å². The highest BCUT2D eigenvalue weighted by atomic mass is 35.5. The van der Waals surface area contributed by atoms with Crippen LogP contribution in [0.25, 0.3) is 10.9 Å². The number of nitrogens with zero attached hydrogens (tertiary/aromatic N) is 3. The summed E-state index contributed by atoms with van der Waals surface area (Å²) in [5, 5.41) is 5.16. The quantitative estimate of drug-likeness (QED) is 0.515. The van der Waals surface area contributed by atoms with Gasteiger partial charge in [0.15, 0.2) is 5.82 Å². The number of nitrogens with one attached hydrogen (secondary N) is 1. The van der Waals surface area contributed by atoms with Gasteiger partial charge in [0, 0.05) is 5.39 Å². The summed E-state index contributed by atoms with van der Waals surface area (Å²) in [5.74, 6) is 0.930. The number of pyridine rings is 1. The van der Waals surface area contributed by atoms with Gasteiger partial charge < -0.3 is 5.32 Å². The molecule has 3 rings (SSSR count). The van der Waals surface area contributed by atoms with Gasteiger partial charge in [0.1, 0.15) is 10.9 Å². The standard InChI is InChI=1S/C17H14Cl2N4OS/c1-9-12(18)7-13(19)16(20-9)23-15(24)8-25-17-11-5-3-4-6-14(11)21-10(2)22-17/h3-7H,8H2,1-2H3,(H,20,23,24). The molecule has 3 aromatic rings. The average molecular weight is 393 g/mol.